The summed E-state index contributed by atoms with van der Waals surface area (Å²) in [5, 5.41) is 16.7. The molecule has 260 valence electrons. The van der Waals surface area contributed by atoms with Gasteiger partial charge in [-0.1, -0.05) is 74.7 Å². The molecule has 0 saturated carbocycles. The summed E-state index contributed by atoms with van der Waals surface area (Å²) < 4.78 is 11.1. The first-order valence-corrected chi connectivity index (χ1v) is 16.9. The van der Waals surface area contributed by atoms with E-state index in [-0.39, 0.29) is 30.0 Å². The summed E-state index contributed by atoms with van der Waals surface area (Å²) >= 11 is 4.35. The standard InChI is InChI=1S/C36H53N3O7S/c1-9-10-11-15-21-39(32(42)28(23-47)38-34(44)46-36(6,7)8)29(26-20-16-17-24(2)30(26)40)31(41)37-27(33(43)45-35(3,4)5)22-25-18-13-12-14-19-25/h12-14,16-20,27-29,40,47H,9-11,15,21-23H2,1-8H3,(H,37,41)(H,38,44). The van der Waals surface area contributed by atoms with E-state index in [1.54, 1.807) is 66.7 Å². The van der Waals surface area contributed by atoms with Gasteiger partial charge in [0.1, 0.15) is 35.1 Å². The molecule has 3 N–H and O–H groups in total. The Hall–Kier alpha value is -3.73. The topological polar surface area (TPSA) is 134 Å². The minimum absolute atomic E-state index is 0.0772. The highest BCUT2D eigenvalue weighted by atomic mass is 32.1. The largest absolute Gasteiger partial charge is 0.507 e. The zero-order valence-electron chi connectivity index (χ0n) is 29.1. The lowest BCUT2D eigenvalue weighted by molar-refractivity contribution is -0.159. The molecule has 0 aliphatic rings. The molecule has 0 aliphatic heterocycles. The van der Waals surface area contributed by atoms with Gasteiger partial charge >= 0.3 is 12.1 Å². The van der Waals surface area contributed by atoms with Crippen LogP contribution >= 0.6 is 12.6 Å². The van der Waals surface area contributed by atoms with Gasteiger partial charge in [0, 0.05) is 24.3 Å². The SMILES string of the molecule is CCCCCCN(C(=O)C(CS)NC(=O)OC(C)(C)C)C(C(=O)NC(Cc1ccccc1)C(=O)OC(C)(C)C)c1cccc(C)c1O. The average Bonchev–Trinajstić information content (AvgIpc) is 2.97. The second-order valence-corrected chi connectivity index (χ2v) is 14.0. The molecule has 47 heavy (non-hydrogen) atoms. The van der Waals surface area contributed by atoms with Crippen molar-refractivity contribution in [1.82, 2.24) is 15.5 Å². The first-order valence-electron chi connectivity index (χ1n) is 16.2. The monoisotopic (exact) mass is 671 g/mol. The van der Waals surface area contributed by atoms with Gasteiger partial charge in [0.05, 0.1) is 0 Å². The fourth-order valence-electron chi connectivity index (χ4n) is 4.93. The Labute approximate surface area is 285 Å². The molecule has 2 rings (SSSR count). The summed E-state index contributed by atoms with van der Waals surface area (Å²) in [5.74, 6) is -2.13. The van der Waals surface area contributed by atoms with E-state index < -0.39 is 53.2 Å². The van der Waals surface area contributed by atoms with E-state index in [9.17, 15) is 24.3 Å². The second kappa shape index (κ2) is 18.0. The molecule has 3 atom stereocenters. The van der Waals surface area contributed by atoms with Gasteiger partial charge in [-0.15, -0.1) is 0 Å². The third kappa shape index (κ3) is 13.1. The number of aromatic hydroxyl groups is 1. The molecule has 0 fully saturated rings. The van der Waals surface area contributed by atoms with Crippen LogP contribution in [0.3, 0.4) is 0 Å². The Kier molecular flexibility index (Phi) is 15.1. The lowest BCUT2D eigenvalue weighted by Gasteiger charge is -2.35. The number of unbranched alkanes of at least 4 members (excludes halogenated alkanes) is 3. The Balaban J connectivity index is 2.63. The number of aryl methyl sites for hydroxylation is 1. The summed E-state index contributed by atoms with van der Waals surface area (Å²) in [7, 11) is 0. The first kappa shape index (κ1) is 39.4. The summed E-state index contributed by atoms with van der Waals surface area (Å²) in [5.41, 5.74) is -0.144. The van der Waals surface area contributed by atoms with E-state index in [1.165, 1.54) is 4.90 Å². The first-order chi connectivity index (χ1) is 22.0. The van der Waals surface area contributed by atoms with Crippen LogP contribution < -0.4 is 10.6 Å². The summed E-state index contributed by atoms with van der Waals surface area (Å²) in [6.07, 6.45) is 2.54. The van der Waals surface area contributed by atoms with E-state index in [1.807, 2.05) is 30.3 Å². The van der Waals surface area contributed by atoms with Crippen molar-refractivity contribution in [3.8, 4) is 5.75 Å². The number of nitrogens with one attached hydrogen (secondary N) is 2. The van der Waals surface area contributed by atoms with Gasteiger partial charge < -0.3 is 30.1 Å². The van der Waals surface area contributed by atoms with Crippen LogP contribution in [0.5, 0.6) is 5.75 Å². The van der Waals surface area contributed by atoms with Crippen molar-refractivity contribution in [2.24, 2.45) is 0 Å². The summed E-state index contributed by atoms with van der Waals surface area (Å²) in [4.78, 5) is 56.3. The van der Waals surface area contributed by atoms with E-state index in [4.69, 9.17) is 9.47 Å². The molecular weight excluding hydrogens is 618 g/mol. The molecule has 3 amide bonds. The van der Waals surface area contributed by atoms with E-state index in [2.05, 4.69) is 30.2 Å². The Morgan fingerprint density at radius 3 is 2.06 bits per heavy atom. The van der Waals surface area contributed by atoms with Crippen molar-refractivity contribution in [3.63, 3.8) is 0 Å². The highest BCUT2D eigenvalue weighted by molar-refractivity contribution is 7.80. The van der Waals surface area contributed by atoms with Gasteiger partial charge in [-0.3, -0.25) is 9.59 Å². The van der Waals surface area contributed by atoms with Crippen molar-refractivity contribution in [3.05, 3.63) is 65.2 Å². The summed E-state index contributed by atoms with van der Waals surface area (Å²) in [6.45, 7) is 14.3. The van der Waals surface area contributed by atoms with Crippen molar-refractivity contribution in [2.45, 2.75) is 117 Å². The minimum Gasteiger partial charge on any atom is -0.507 e. The van der Waals surface area contributed by atoms with Crippen LogP contribution in [0.4, 0.5) is 4.79 Å². The Morgan fingerprint density at radius 1 is 0.851 bits per heavy atom. The quantitative estimate of drug-likeness (QED) is 0.103. The van der Waals surface area contributed by atoms with Crippen molar-refractivity contribution < 1.29 is 33.8 Å². The zero-order valence-corrected chi connectivity index (χ0v) is 30.0. The van der Waals surface area contributed by atoms with Gasteiger partial charge in [-0.2, -0.15) is 12.6 Å². The highest BCUT2D eigenvalue weighted by Gasteiger charge is 2.39. The molecule has 10 nitrogen and oxygen atoms in total. The molecule has 3 unspecified atom stereocenters. The molecule has 0 radical (unpaired) electrons. The number of benzene rings is 2. The third-order valence-corrected chi connectivity index (χ3v) is 7.49. The number of para-hydroxylation sites is 1. The number of carbonyl (C=O) groups is 4. The average molecular weight is 672 g/mol. The fourth-order valence-corrected chi connectivity index (χ4v) is 5.18. The number of thiol groups is 1. The third-order valence-electron chi connectivity index (χ3n) is 7.12. The molecule has 0 spiro atoms. The van der Waals surface area contributed by atoms with Gasteiger partial charge in [-0.05, 0) is 66.0 Å². The van der Waals surface area contributed by atoms with Gasteiger partial charge in [0.25, 0.3) is 0 Å². The molecule has 0 aromatic heterocycles. The van der Waals surface area contributed by atoms with Crippen LogP contribution in [0, 0.1) is 6.92 Å². The molecule has 2 aromatic rings. The maximum Gasteiger partial charge on any atom is 0.408 e. The van der Waals surface area contributed by atoms with Gasteiger partial charge in [0.2, 0.25) is 11.8 Å². The predicted octanol–water partition coefficient (Wildman–Crippen LogP) is 6.04. The number of hydrogen-bond acceptors (Lipinski definition) is 8. The number of phenolic OH excluding ortho intramolecular Hbond substituents is 1. The van der Waals surface area contributed by atoms with Crippen molar-refractivity contribution in [1.29, 1.82) is 0 Å². The minimum atomic E-state index is -1.35. The normalized spacial score (nSPS) is 13.6. The number of alkyl carbamates (subject to hydrolysis) is 1. The number of esters is 1. The van der Waals surface area contributed by atoms with Crippen molar-refractivity contribution >= 4 is 36.5 Å². The van der Waals surface area contributed by atoms with E-state index in [0.29, 0.717) is 12.0 Å². The molecular formula is C36H53N3O7S. The predicted molar refractivity (Wildman–Crippen MR) is 186 cm³/mol. The zero-order chi connectivity index (χ0) is 35.4. The molecule has 0 bridgehead atoms. The fraction of sp³-hybridized carbons (Fsp3) is 0.556. The maximum atomic E-state index is 14.5. The number of phenols is 1. The van der Waals surface area contributed by atoms with Crippen LogP contribution in [0.15, 0.2) is 48.5 Å². The van der Waals surface area contributed by atoms with Crippen LogP contribution in [0.25, 0.3) is 0 Å². The second-order valence-electron chi connectivity index (χ2n) is 13.7. The number of hydrogen-bond donors (Lipinski definition) is 4. The Bertz CT molecular complexity index is 1340. The van der Waals surface area contributed by atoms with E-state index in [0.717, 1.165) is 24.8 Å². The molecule has 0 aliphatic carbocycles. The number of amides is 3. The molecule has 0 saturated heterocycles. The molecule has 11 heteroatoms. The van der Waals surface area contributed by atoms with Crippen LogP contribution in [-0.2, 0) is 30.3 Å². The number of nitrogens with zero attached hydrogens (tertiary/aromatic N) is 1. The lowest BCUT2D eigenvalue weighted by atomic mass is 9.98. The van der Waals surface area contributed by atoms with Crippen LogP contribution in [0.2, 0.25) is 0 Å². The van der Waals surface area contributed by atoms with Crippen LogP contribution in [0.1, 0.15) is 96.9 Å². The number of carbonyl (C=O) groups excluding carboxylic acids is 4. The molecule has 2 aromatic carbocycles. The molecule has 0 heterocycles. The van der Waals surface area contributed by atoms with Crippen molar-refractivity contribution in [2.75, 3.05) is 12.3 Å². The lowest BCUT2D eigenvalue weighted by Crippen LogP contribution is -2.55. The smallest absolute Gasteiger partial charge is 0.408 e. The van der Waals surface area contributed by atoms with E-state index >= 15 is 0 Å². The van der Waals surface area contributed by atoms with Gasteiger partial charge in [-0.25, -0.2) is 9.59 Å². The highest BCUT2D eigenvalue weighted by Crippen LogP contribution is 2.33. The van der Waals surface area contributed by atoms with Gasteiger partial charge in [0.15, 0.2) is 0 Å². The number of rotatable bonds is 15. The maximum absolute atomic E-state index is 14.5. The summed E-state index contributed by atoms with van der Waals surface area (Å²) in [6, 6.07) is 10.6. The Morgan fingerprint density at radius 2 is 1.49 bits per heavy atom. The van der Waals surface area contributed by atoms with Crippen LogP contribution in [-0.4, -0.2) is 69.5 Å². The number of ether oxygens (including phenoxy) is 2.